The first kappa shape index (κ1) is 10.8. The molecule has 1 aliphatic carbocycles. The summed E-state index contributed by atoms with van der Waals surface area (Å²) in [4.78, 5) is 4.20. The quantitative estimate of drug-likeness (QED) is 0.743. The number of rotatable bonds is 2. The summed E-state index contributed by atoms with van der Waals surface area (Å²) < 4.78 is 2.24. The Morgan fingerprint density at radius 2 is 2.12 bits per heavy atom. The van der Waals surface area contributed by atoms with E-state index in [9.17, 15) is 0 Å². The predicted octanol–water partition coefficient (Wildman–Crippen LogP) is 3.35. The lowest BCUT2D eigenvalue weighted by Gasteiger charge is -2.26. The average Bonchev–Trinajstić information content (AvgIpc) is 2.86. The number of halogens is 1. The molecular weight excluding hydrogens is 232 g/mol. The van der Waals surface area contributed by atoms with Gasteiger partial charge in [-0.1, -0.05) is 24.3 Å². The van der Waals surface area contributed by atoms with E-state index >= 15 is 0 Å². The largest absolute Gasteiger partial charge is 0.330 e. The highest BCUT2D eigenvalue weighted by molar-refractivity contribution is 6.16. The third-order valence-electron chi connectivity index (χ3n) is 3.60. The molecule has 88 valence electrons. The van der Waals surface area contributed by atoms with Gasteiger partial charge in [0, 0.05) is 12.2 Å². The predicted molar refractivity (Wildman–Crippen MR) is 69.3 cm³/mol. The molecule has 0 amide bonds. The van der Waals surface area contributed by atoms with E-state index in [-0.39, 0.29) is 0 Å². The van der Waals surface area contributed by atoms with Crippen molar-refractivity contribution in [2.75, 3.05) is 0 Å². The van der Waals surface area contributed by atoms with Gasteiger partial charge in [0.15, 0.2) is 0 Å². The Bertz CT molecular complexity index is 518. The molecule has 0 bridgehead atoms. The molecule has 1 aromatic heterocycles. The van der Waals surface area contributed by atoms with E-state index in [1.54, 1.807) is 0 Å². The van der Waals surface area contributed by atoms with Crippen molar-refractivity contribution in [2.24, 2.45) is 0 Å². The number of fused-ring (bicyclic) bond motifs is 1. The Balaban J connectivity index is 1.89. The zero-order valence-electron chi connectivity index (χ0n) is 9.64. The summed E-state index contributed by atoms with van der Waals surface area (Å²) in [5.41, 5.74) is 4.09. The summed E-state index contributed by atoms with van der Waals surface area (Å²) in [7, 11) is 0. The molecule has 0 saturated heterocycles. The number of aryl methyl sites for hydroxylation is 1. The minimum Gasteiger partial charge on any atom is -0.330 e. The summed E-state index contributed by atoms with van der Waals surface area (Å²) in [6.07, 6.45) is 7.21. The average molecular weight is 247 g/mol. The molecule has 1 unspecified atom stereocenters. The van der Waals surface area contributed by atoms with Gasteiger partial charge in [0.2, 0.25) is 0 Å². The Morgan fingerprint density at radius 3 is 2.94 bits per heavy atom. The molecule has 2 nitrogen and oxygen atoms in total. The minimum absolute atomic E-state index is 0.515. The van der Waals surface area contributed by atoms with Crippen LogP contribution in [0.1, 0.15) is 29.3 Å². The Kier molecular flexibility index (Phi) is 2.89. The van der Waals surface area contributed by atoms with E-state index in [1.165, 1.54) is 17.5 Å². The van der Waals surface area contributed by atoms with Crippen LogP contribution in [0.25, 0.3) is 0 Å². The fourth-order valence-corrected chi connectivity index (χ4v) is 2.89. The molecule has 2 aromatic rings. The maximum atomic E-state index is 5.93. The lowest BCUT2D eigenvalue weighted by Crippen LogP contribution is -2.19. The van der Waals surface area contributed by atoms with Gasteiger partial charge >= 0.3 is 0 Å². The monoisotopic (exact) mass is 246 g/mol. The van der Waals surface area contributed by atoms with Crippen LogP contribution in [-0.4, -0.2) is 9.55 Å². The SMILES string of the molecule is ClCc1cncn1C1CCc2ccccc2C1. The van der Waals surface area contributed by atoms with Crippen molar-refractivity contribution in [1.29, 1.82) is 0 Å². The molecule has 17 heavy (non-hydrogen) atoms. The standard InChI is InChI=1S/C14H15ClN2/c15-8-14-9-16-10-17(14)13-6-5-11-3-1-2-4-12(11)7-13/h1-4,9-10,13H,5-8H2. The topological polar surface area (TPSA) is 17.8 Å². The van der Waals surface area contributed by atoms with Crippen molar-refractivity contribution >= 4 is 11.6 Å². The summed E-state index contributed by atoms with van der Waals surface area (Å²) in [5, 5.41) is 0. The normalized spacial score (nSPS) is 19.0. The van der Waals surface area contributed by atoms with Crippen LogP contribution >= 0.6 is 11.6 Å². The molecule has 0 fully saturated rings. The first-order valence-corrected chi connectivity index (χ1v) is 6.55. The second-order valence-corrected chi connectivity index (χ2v) is 4.86. The minimum atomic E-state index is 0.515. The second-order valence-electron chi connectivity index (χ2n) is 4.59. The molecule has 3 rings (SSSR count). The van der Waals surface area contributed by atoms with Crippen LogP contribution in [0.4, 0.5) is 0 Å². The molecule has 1 atom stereocenters. The number of aromatic nitrogens is 2. The molecule has 1 aromatic carbocycles. The molecule has 3 heteroatoms. The van der Waals surface area contributed by atoms with Crippen molar-refractivity contribution in [2.45, 2.75) is 31.2 Å². The maximum absolute atomic E-state index is 5.93. The highest BCUT2D eigenvalue weighted by Crippen LogP contribution is 2.29. The van der Waals surface area contributed by atoms with E-state index in [0.29, 0.717) is 11.9 Å². The summed E-state index contributed by atoms with van der Waals surface area (Å²) in [6.45, 7) is 0. The van der Waals surface area contributed by atoms with Gasteiger partial charge < -0.3 is 4.57 Å². The van der Waals surface area contributed by atoms with E-state index in [0.717, 1.165) is 18.5 Å². The zero-order valence-corrected chi connectivity index (χ0v) is 10.4. The highest BCUT2D eigenvalue weighted by atomic mass is 35.5. The lowest BCUT2D eigenvalue weighted by molar-refractivity contribution is 0.434. The molecule has 0 saturated carbocycles. The summed E-state index contributed by atoms with van der Waals surface area (Å²) >= 11 is 5.93. The Morgan fingerprint density at radius 1 is 1.29 bits per heavy atom. The molecule has 1 heterocycles. The van der Waals surface area contributed by atoms with Crippen LogP contribution < -0.4 is 0 Å². The Labute approximate surface area is 106 Å². The fraction of sp³-hybridized carbons (Fsp3) is 0.357. The highest BCUT2D eigenvalue weighted by Gasteiger charge is 2.20. The van der Waals surface area contributed by atoms with Crippen molar-refractivity contribution < 1.29 is 0 Å². The number of alkyl halides is 1. The molecule has 0 aliphatic heterocycles. The number of benzene rings is 1. The van der Waals surface area contributed by atoms with Gasteiger partial charge in [-0.3, -0.25) is 0 Å². The Hall–Kier alpha value is -1.28. The van der Waals surface area contributed by atoms with E-state index in [2.05, 4.69) is 33.8 Å². The molecular formula is C14H15ClN2. The van der Waals surface area contributed by atoms with Gasteiger partial charge in [-0.05, 0) is 30.4 Å². The third kappa shape index (κ3) is 1.98. The van der Waals surface area contributed by atoms with Gasteiger partial charge in [0.25, 0.3) is 0 Å². The van der Waals surface area contributed by atoms with Crippen LogP contribution in [0.5, 0.6) is 0 Å². The van der Waals surface area contributed by atoms with Crippen molar-refractivity contribution in [3.63, 3.8) is 0 Å². The zero-order chi connectivity index (χ0) is 11.7. The number of hydrogen-bond acceptors (Lipinski definition) is 1. The molecule has 0 radical (unpaired) electrons. The van der Waals surface area contributed by atoms with Gasteiger partial charge in [-0.15, -0.1) is 11.6 Å². The van der Waals surface area contributed by atoms with E-state index < -0.39 is 0 Å². The van der Waals surface area contributed by atoms with Crippen LogP contribution in [0.15, 0.2) is 36.8 Å². The maximum Gasteiger partial charge on any atom is 0.0951 e. The smallest absolute Gasteiger partial charge is 0.0951 e. The first-order valence-electron chi connectivity index (χ1n) is 6.02. The second kappa shape index (κ2) is 4.53. The van der Waals surface area contributed by atoms with Crippen LogP contribution in [-0.2, 0) is 18.7 Å². The molecule has 1 aliphatic rings. The van der Waals surface area contributed by atoms with Crippen LogP contribution in [0.2, 0.25) is 0 Å². The van der Waals surface area contributed by atoms with Gasteiger partial charge in [-0.2, -0.15) is 0 Å². The molecule has 0 N–H and O–H groups in total. The number of hydrogen-bond donors (Lipinski definition) is 0. The van der Waals surface area contributed by atoms with Crippen molar-refractivity contribution in [1.82, 2.24) is 9.55 Å². The van der Waals surface area contributed by atoms with Gasteiger partial charge in [0.05, 0.1) is 17.9 Å². The fourth-order valence-electron chi connectivity index (χ4n) is 2.68. The molecule has 0 spiro atoms. The van der Waals surface area contributed by atoms with E-state index in [4.69, 9.17) is 11.6 Å². The number of nitrogens with zero attached hydrogens (tertiary/aromatic N) is 2. The van der Waals surface area contributed by atoms with Crippen LogP contribution in [0, 0.1) is 0 Å². The van der Waals surface area contributed by atoms with Crippen molar-refractivity contribution in [3.05, 3.63) is 53.6 Å². The van der Waals surface area contributed by atoms with E-state index in [1.807, 2.05) is 12.5 Å². The van der Waals surface area contributed by atoms with Gasteiger partial charge in [-0.25, -0.2) is 4.98 Å². The lowest BCUT2D eigenvalue weighted by atomic mass is 9.88. The van der Waals surface area contributed by atoms with Crippen LogP contribution in [0.3, 0.4) is 0 Å². The first-order chi connectivity index (χ1) is 8.38. The van der Waals surface area contributed by atoms with Crippen molar-refractivity contribution in [3.8, 4) is 0 Å². The number of imidazole rings is 1. The third-order valence-corrected chi connectivity index (χ3v) is 3.87. The summed E-state index contributed by atoms with van der Waals surface area (Å²) in [5.74, 6) is 0.540. The summed E-state index contributed by atoms with van der Waals surface area (Å²) in [6, 6.07) is 9.24. The van der Waals surface area contributed by atoms with Gasteiger partial charge in [0.1, 0.15) is 0 Å².